The molecule has 2 heterocycles. The summed E-state index contributed by atoms with van der Waals surface area (Å²) < 4.78 is 12.6. The highest BCUT2D eigenvalue weighted by atomic mass is 32.1. The molecule has 0 unspecified atom stereocenters. The monoisotopic (exact) mass is 265 g/mol. The van der Waals surface area contributed by atoms with Crippen molar-refractivity contribution in [2.24, 2.45) is 0 Å². The molecule has 2 rings (SSSR count). The summed E-state index contributed by atoms with van der Waals surface area (Å²) in [5, 5.41) is 7.78. The van der Waals surface area contributed by atoms with Gasteiger partial charge in [-0.15, -0.1) is 11.3 Å². The Labute approximate surface area is 108 Å². The summed E-state index contributed by atoms with van der Waals surface area (Å²) in [6.45, 7) is 2.03. The summed E-state index contributed by atoms with van der Waals surface area (Å²) in [4.78, 5) is 15.6. The number of nitrogens with zero attached hydrogens (tertiary/aromatic N) is 1. The van der Waals surface area contributed by atoms with Crippen LogP contribution in [0.15, 0.2) is 29.8 Å². The van der Waals surface area contributed by atoms with Crippen LogP contribution >= 0.6 is 11.3 Å². The first kappa shape index (κ1) is 12.5. The molecule has 0 aliphatic rings. The molecule has 1 amide bonds. The maximum atomic E-state index is 12.6. The number of hydrogen-bond acceptors (Lipinski definition) is 4. The minimum Gasteiger partial charge on any atom is -0.379 e. The van der Waals surface area contributed by atoms with Gasteiger partial charge in [0.05, 0.1) is 24.1 Å². The molecule has 0 radical (unpaired) electrons. The lowest BCUT2D eigenvalue weighted by Gasteiger charge is -2.07. The fraction of sp³-hybridized carbons (Fsp3) is 0.167. The van der Waals surface area contributed by atoms with E-state index in [-0.39, 0.29) is 5.91 Å². The molecule has 0 aliphatic carbocycles. The van der Waals surface area contributed by atoms with E-state index >= 15 is 0 Å². The standard InChI is InChI=1S/C12H12FN3OS/c1-8(17)16-10-4-5-18-11(10)7-14-9-2-3-12(13)15-6-9/h2-6,14H,7H2,1H3,(H,16,17). The van der Waals surface area contributed by atoms with Crippen LogP contribution in [0.5, 0.6) is 0 Å². The van der Waals surface area contributed by atoms with Crippen molar-refractivity contribution in [2.45, 2.75) is 13.5 Å². The van der Waals surface area contributed by atoms with Crippen LogP contribution < -0.4 is 10.6 Å². The lowest BCUT2D eigenvalue weighted by molar-refractivity contribution is -0.114. The number of hydrogen-bond donors (Lipinski definition) is 2. The summed E-state index contributed by atoms with van der Waals surface area (Å²) in [5.41, 5.74) is 1.54. The molecule has 18 heavy (non-hydrogen) atoms. The predicted octanol–water partition coefficient (Wildman–Crippen LogP) is 2.85. The lowest BCUT2D eigenvalue weighted by atomic mass is 10.3. The summed E-state index contributed by atoms with van der Waals surface area (Å²) in [6, 6.07) is 4.77. The SMILES string of the molecule is CC(=O)Nc1ccsc1CNc1ccc(F)nc1. The fourth-order valence-corrected chi connectivity index (χ4v) is 2.21. The zero-order valence-corrected chi connectivity index (χ0v) is 10.6. The molecule has 0 saturated heterocycles. The second-order valence-corrected chi connectivity index (χ2v) is 4.66. The molecule has 6 heteroatoms. The Balaban J connectivity index is 1.99. The van der Waals surface area contributed by atoms with E-state index in [1.165, 1.54) is 19.2 Å². The second-order valence-electron chi connectivity index (χ2n) is 3.66. The molecule has 0 aromatic carbocycles. The number of amides is 1. The minimum atomic E-state index is -0.504. The van der Waals surface area contributed by atoms with E-state index in [4.69, 9.17) is 0 Å². The van der Waals surface area contributed by atoms with Crippen molar-refractivity contribution in [1.29, 1.82) is 0 Å². The Morgan fingerprint density at radius 2 is 2.28 bits per heavy atom. The molecule has 4 nitrogen and oxygen atoms in total. The molecule has 2 aromatic heterocycles. The van der Waals surface area contributed by atoms with Crippen LogP contribution in [0.1, 0.15) is 11.8 Å². The predicted molar refractivity (Wildman–Crippen MR) is 70.1 cm³/mol. The fourth-order valence-electron chi connectivity index (χ4n) is 1.44. The van der Waals surface area contributed by atoms with Crippen LogP contribution in [0.25, 0.3) is 0 Å². The van der Waals surface area contributed by atoms with E-state index in [0.717, 1.165) is 16.3 Å². The molecule has 94 valence electrons. The molecule has 0 atom stereocenters. The van der Waals surface area contributed by atoms with E-state index in [1.54, 1.807) is 17.4 Å². The quantitative estimate of drug-likeness (QED) is 0.836. The van der Waals surface area contributed by atoms with Crippen molar-refractivity contribution < 1.29 is 9.18 Å². The van der Waals surface area contributed by atoms with Crippen molar-refractivity contribution in [1.82, 2.24) is 4.98 Å². The third kappa shape index (κ3) is 3.27. The average molecular weight is 265 g/mol. The molecule has 0 aliphatic heterocycles. The van der Waals surface area contributed by atoms with Crippen LogP contribution in [-0.2, 0) is 11.3 Å². The molecule has 2 aromatic rings. The van der Waals surface area contributed by atoms with Crippen LogP contribution in [0, 0.1) is 5.95 Å². The van der Waals surface area contributed by atoms with Crippen LogP contribution in [0.4, 0.5) is 15.8 Å². The maximum absolute atomic E-state index is 12.6. The Hall–Kier alpha value is -1.95. The number of aromatic nitrogens is 1. The zero-order chi connectivity index (χ0) is 13.0. The van der Waals surface area contributed by atoms with E-state index in [1.807, 2.05) is 11.4 Å². The summed E-state index contributed by atoms with van der Waals surface area (Å²) >= 11 is 1.54. The van der Waals surface area contributed by atoms with Gasteiger partial charge in [0.15, 0.2) is 0 Å². The first-order chi connectivity index (χ1) is 8.65. The van der Waals surface area contributed by atoms with Crippen molar-refractivity contribution >= 4 is 28.6 Å². The minimum absolute atomic E-state index is 0.0990. The number of halogens is 1. The van der Waals surface area contributed by atoms with Crippen LogP contribution in [0.3, 0.4) is 0 Å². The Kier molecular flexibility index (Phi) is 3.88. The van der Waals surface area contributed by atoms with Gasteiger partial charge in [0.25, 0.3) is 0 Å². The molecule has 0 bridgehead atoms. The van der Waals surface area contributed by atoms with Gasteiger partial charge in [0, 0.05) is 11.8 Å². The number of pyridine rings is 1. The first-order valence-electron chi connectivity index (χ1n) is 5.34. The third-order valence-corrected chi connectivity index (χ3v) is 3.16. The largest absolute Gasteiger partial charge is 0.379 e. The lowest BCUT2D eigenvalue weighted by Crippen LogP contribution is -2.08. The van der Waals surface area contributed by atoms with Crippen molar-refractivity contribution in [3.8, 4) is 0 Å². The van der Waals surface area contributed by atoms with E-state index in [0.29, 0.717) is 6.54 Å². The van der Waals surface area contributed by atoms with Crippen LogP contribution in [0.2, 0.25) is 0 Å². The topological polar surface area (TPSA) is 54.0 Å². The van der Waals surface area contributed by atoms with Gasteiger partial charge in [0.2, 0.25) is 11.9 Å². The van der Waals surface area contributed by atoms with Crippen molar-refractivity contribution in [3.63, 3.8) is 0 Å². The average Bonchev–Trinajstić information content (AvgIpc) is 2.75. The Bertz CT molecular complexity index is 539. The number of rotatable bonds is 4. The highest BCUT2D eigenvalue weighted by Crippen LogP contribution is 2.23. The van der Waals surface area contributed by atoms with Gasteiger partial charge < -0.3 is 10.6 Å². The van der Waals surface area contributed by atoms with E-state index in [9.17, 15) is 9.18 Å². The van der Waals surface area contributed by atoms with Crippen LogP contribution in [-0.4, -0.2) is 10.9 Å². The normalized spacial score (nSPS) is 10.1. The summed E-state index contributed by atoms with van der Waals surface area (Å²) in [6.07, 6.45) is 1.43. The maximum Gasteiger partial charge on any atom is 0.221 e. The number of anilines is 2. The van der Waals surface area contributed by atoms with Gasteiger partial charge in [-0.1, -0.05) is 0 Å². The highest BCUT2D eigenvalue weighted by molar-refractivity contribution is 7.10. The van der Waals surface area contributed by atoms with Gasteiger partial charge in [-0.2, -0.15) is 4.39 Å². The Morgan fingerprint density at radius 1 is 1.44 bits per heavy atom. The molecule has 0 fully saturated rings. The van der Waals surface area contributed by atoms with Gasteiger partial charge in [-0.25, -0.2) is 4.98 Å². The summed E-state index contributed by atoms with van der Waals surface area (Å²) in [5.74, 6) is -0.603. The van der Waals surface area contributed by atoms with Gasteiger partial charge in [-0.05, 0) is 23.6 Å². The molecular formula is C12H12FN3OS. The molecule has 0 spiro atoms. The second kappa shape index (κ2) is 5.59. The zero-order valence-electron chi connectivity index (χ0n) is 9.74. The Morgan fingerprint density at radius 3 is 2.94 bits per heavy atom. The first-order valence-corrected chi connectivity index (χ1v) is 6.22. The van der Waals surface area contributed by atoms with Gasteiger partial charge in [0.1, 0.15) is 0 Å². The van der Waals surface area contributed by atoms with Gasteiger partial charge >= 0.3 is 0 Å². The smallest absolute Gasteiger partial charge is 0.221 e. The van der Waals surface area contributed by atoms with Crippen molar-refractivity contribution in [2.75, 3.05) is 10.6 Å². The molecule has 0 saturated carbocycles. The molecular weight excluding hydrogens is 253 g/mol. The van der Waals surface area contributed by atoms with Crippen molar-refractivity contribution in [3.05, 3.63) is 40.6 Å². The number of thiophene rings is 1. The third-order valence-electron chi connectivity index (χ3n) is 2.24. The number of nitrogens with one attached hydrogen (secondary N) is 2. The van der Waals surface area contributed by atoms with E-state index < -0.39 is 5.95 Å². The number of carbonyl (C=O) groups is 1. The molecule has 2 N–H and O–H groups in total. The summed E-state index contributed by atoms with van der Waals surface area (Å²) in [7, 11) is 0. The highest BCUT2D eigenvalue weighted by Gasteiger charge is 2.05. The number of carbonyl (C=O) groups excluding carboxylic acids is 1. The van der Waals surface area contributed by atoms with Gasteiger partial charge in [-0.3, -0.25) is 4.79 Å². The van der Waals surface area contributed by atoms with E-state index in [2.05, 4.69) is 15.6 Å².